The van der Waals surface area contributed by atoms with Gasteiger partial charge in [-0.25, -0.2) is 4.98 Å². The van der Waals surface area contributed by atoms with Crippen LogP contribution in [0.2, 0.25) is 0 Å². The van der Waals surface area contributed by atoms with Crippen LogP contribution in [0.4, 0.5) is 0 Å². The second-order valence-corrected chi connectivity index (χ2v) is 6.06. The van der Waals surface area contributed by atoms with Gasteiger partial charge in [0.1, 0.15) is 0 Å². The Morgan fingerprint density at radius 3 is 2.93 bits per heavy atom. The average Bonchev–Trinajstić information content (AvgIpc) is 2.77. The maximum atomic E-state index is 4.20. The molecule has 0 radical (unpaired) electrons. The number of halogens is 1. The Labute approximate surface area is 99.1 Å². The molecule has 2 nitrogen and oxygen atoms in total. The van der Waals surface area contributed by atoms with Crippen molar-refractivity contribution in [1.29, 1.82) is 0 Å². The predicted octanol–water partition coefficient (Wildman–Crippen LogP) is 3.26. The molecule has 0 aliphatic carbocycles. The third-order valence-corrected chi connectivity index (χ3v) is 3.98. The molecule has 0 atom stereocenters. The summed E-state index contributed by atoms with van der Waals surface area (Å²) >= 11 is 6.84. The Bertz CT molecular complexity index is 383. The van der Waals surface area contributed by atoms with Gasteiger partial charge in [0.2, 0.25) is 0 Å². The van der Waals surface area contributed by atoms with E-state index in [0.717, 1.165) is 18.8 Å². The van der Waals surface area contributed by atoms with Crippen molar-refractivity contribution >= 4 is 38.6 Å². The van der Waals surface area contributed by atoms with Gasteiger partial charge >= 0.3 is 0 Å². The molecule has 2 rings (SSSR count). The van der Waals surface area contributed by atoms with Gasteiger partial charge in [-0.1, -0.05) is 0 Å². The number of hydrogen-bond donors (Lipinski definition) is 1. The number of nitrogens with one attached hydrogen (secondary N) is 1. The van der Waals surface area contributed by atoms with E-state index in [1.165, 1.54) is 8.66 Å². The van der Waals surface area contributed by atoms with Crippen LogP contribution in [0, 0.1) is 0 Å². The van der Waals surface area contributed by atoms with Crippen LogP contribution in [0.15, 0.2) is 26.8 Å². The van der Waals surface area contributed by atoms with Gasteiger partial charge in [0.25, 0.3) is 0 Å². The molecular formula is C9H9BrN2S2. The van der Waals surface area contributed by atoms with E-state index >= 15 is 0 Å². The number of aromatic nitrogens is 1. The first-order valence-corrected chi connectivity index (χ1v) is 6.72. The topological polar surface area (TPSA) is 24.9 Å². The summed E-state index contributed by atoms with van der Waals surface area (Å²) in [5.74, 6) is 0. The summed E-state index contributed by atoms with van der Waals surface area (Å²) < 4.78 is 1.18. The molecule has 0 aliphatic rings. The zero-order valence-corrected chi connectivity index (χ0v) is 10.6. The molecule has 14 heavy (non-hydrogen) atoms. The monoisotopic (exact) mass is 288 g/mol. The summed E-state index contributed by atoms with van der Waals surface area (Å²) in [5, 5.41) is 5.42. The van der Waals surface area contributed by atoms with Gasteiger partial charge in [0, 0.05) is 23.3 Å². The fourth-order valence-corrected chi connectivity index (χ4v) is 3.10. The van der Waals surface area contributed by atoms with Gasteiger partial charge < -0.3 is 5.32 Å². The summed E-state index contributed by atoms with van der Waals surface area (Å²) in [5.41, 5.74) is 2.98. The molecule has 1 N–H and O–H groups in total. The molecule has 0 unspecified atom stereocenters. The van der Waals surface area contributed by atoms with E-state index in [-0.39, 0.29) is 0 Å². The lowest BCUT2D eigenvalue weighted by Crippen LogP contribution is -2.11. The zero-order valence-electron chi connectivity index (χ0n) is 7.37. The van der Waals surface area contributed by atoms with Crippen LogP contribution in [0.1, 0.15) is 10.6 Å². The first-order chi connectivity index (χ1) is 6.84. The second kappa shape index (κ2) is 5.02. The second-order valence-electron chi connectivity index (χ2n) is 2.79. The Kier molecular flexibility index (Phi) is 3.69. The fraction of sp³-hybridized carbons (Fsp3) is 0.222. The van der Waals surface area contributed by atoms with E-state index in [1.807, 2.05) is 5.51 Å². The van der Waals surface area contributed by atoms with Crippen molar-refractivity contribution in [1.82, 2.24) is 10.3 Å². The fourth-order valence-electron chi connectivity index (χ4n) is 1.09. The van der Waals surface area contributed by atoms with Crippen LogP contribution in [0.25, 0.3) is 0 Å². The van der Waals surface area contributed by atoms with Crippen molar-refractivity contribution in [3.8, 4) is 0 Å². The molecule has 0 aliphatic heterocycles. The Balaban J connectivity index is 1.78. The SMILES string of the molecule is Brc1ccc(CNCc2cscn2)s1. The predicted molar refractivity (Wildman–Crippen MR) is 64.7 cm³/mol. The number of nitrogens with zero attached hydrogens (tertiary/aromatic N) is 1. The van der Waals surface area contributed by atoms with E-state index < -0.39 is 0 Å². The normalized spacial score (nSPS) is 10.6. The molecular weight excluding hydrogens is 280 g/mol. The van der Waals surface area contributed by atoms with Crippen LogP contribution in [-0.4, -0.2) is 4.98 Å². The molecule has 0 spiro atoms. The van der Waals surface area contributed by atoms with E-state index in [4.69, 9.17) is 0 Å². The standard InChI is InChI=1S/C9H9BrN2S2/c10-9-2-1-8(14-9)4-11-3-7-5-13-6-12-7/h1-2,5-6,11H,3-4H2. The lowest BCUT2D eigenvalue weighted by Gasteiger charge is -1.98. The number of hydrogen-bond acceptors (Lipinski definition) is 4. The van der Waals surface area contributed by atoms with Crippen molar-refractivity contribution in [2.75, 3.05) is 0 Å². The van der Waals surface area contributed by atoms with Crippen LogP contribution in [0.5, 0.6) is 0 Å². The minimum Gasteiger partial charge on any atom is -0.306 e. The summed E-state index contributed by atoms with van der Waals surface area (Å²) in [7, 11) is 0. The first-order valence-electron chi connectivity index (χ1n) is 4.16. The van der Waals surface area contributed by atoms with Crippen LogP contribution < -0.4 is 5.32 Å². The number of rotatable bonds is 4. The van der Waals surface area contributed by atoms with Crippen molar-refractivity contribution in [2.45, 2.75) is 13.1 Å². The first kappa shape index (κ1) is 10.3. The number of thiazole rings is 1. The smallest absolute Gasteiger partial charge is 0.0795 e. The third kappa shape index (κ3) is 2.88. The molecule has 2 aromatic heterocycles. The molecule has 0 bridgehead atoms. The third-order valence-electron chi connectivity index (χ3n) is 1.72. The van der Waals surface area contributed by atoms with Crippen LogP contribution >= 0.6 is 38.6 Å². The van der Waals surface area contributed by atoms with Gasteiger partial charge in [-0.05, 0) is 28.1 Å². The van der Waals surface area contributed by atoms with E-state index in [1.54, 1.807) is 22.7 Å². The van der Waals surface area contributed by atoms with Crippen LogP contribution in [-0.2, 0) is 13.1 Å². The molecule has 0 fully saturated rings. The molecule has 0 amide bonds. The highest BCUT2D eigenvalue weighted by molar-refractivity contribution is 9.11. The molecule has 0 aromatic carbocycles. The van der Waals surface area contributed by atoms with Gasteiger partial charge in [0.05, 0.1) is 15.0 Å². The van der Waals surface area contributed by atoms with Crippen molar-refractivity contribution in [2.24, 2.45) is 0 Å². The highest BCUT2D eigenvalue weighted by Crippen LogP contribution is 2.21. The van der Waals surface area contributed by atoms with Gasteiger partial charge in [0.15, 0.2) is 0 Å². The molecule has 2 aromatic rings. The highest BCUT2D eigenvalue weighted by Gasteiger charge is 1.98. The minimum absolute atomic E-state index is 0.846. The van der Waals surface area contributed by atoms with Gasteiger partial charge in [-0.2, -0.15) is 0 Å². The quantitative estimate of drug-likeness (QED) is 0.934. The summed E-state index contributed by atoms with van der Waals surface area (Å²) in [6, 6.07) is 4.20. The maximum Gasteiger partial charge on any atom is 0.0795 e. The van der Waals surface area contributed by atoms with Gasteiger partial charge in [-0.15, -0.1) is 22.7 Å². The average molecular weight is 289 g/mol. The summed E-state index contributed by atoms with van der Waals surface area (Å²) in [4.78, 5) is 5.54. The van der Waals surface area contributed by atoms with E-state index in [0.29, 0.717) is 0 Å². The lowest BCUT2D eigenvalue weighted by molar-refractivity contribution is 0.690. The van der Waals surface area contributed by atoms with Crippen molar-refractivity contribution < 1.29 is 0 Å². The molecule has 5 heteroatoms. The largest absolute Gasteiger partial charge is 0.306 e. The Morgan fingerprint density at radius 1 is 1.36 bits per heavy atom. The zero-order chi connectivity index (χ0) is 9.80. The molecule has 74 valence electrons. The maximum absolute atomic E-state index is 4.20. The Hall–Kier alpha value is -0.230. The minimum atomic E-state index is 0.846. The van der Waals surface area contributed by atoms with Crippen LogP contribution in [0.3, 0.4) is 0 Å². The molecule has 0 saturated heterocycles. The van der Waals surface area contributed by atoms with Crippen molar-refractivity contribution in [3.63, 3.8) is 0 Å². The number of thiophene rings is 1. The molecule has 2 heterocycles. The highest BCUT2D eigenvalue weighted by atomic mass is 79.9. The van der Waals surface area contributed by atoms with Gasteiger partial charge in [-0.3, -0.25) is 0 Å². The molecule has 0 saturated carbocycles. The Morgan fingerprint density at radius 2 is 2.29 bits per heavy atom. The summed E-state index contributed by atoms with van der Waals surface area (Å²) in [6.07, 6.45) is 0. The summed E-state index contributed by atoms with van der Waals surface area (Å²) in [6.45, 7) is 1.76. The van der Waals surface area contributed by atoms with Crippen molar-refractivity contribution in [3.05, 3.63) is 37.4 Å². The van der Waals surface area contributed by atoms with E-state index in [9.17, 15) is 0 Å². The van der Waals surface area contributed by atoms with E-state index in [2.05, 4.69) is 43.7 Å². The lowest BCUT2D eigenvalue weighted by atomic mass is 10.4.